The number of nitrogens with zero attached hydrogens (tertiary/aromatic N) is 3. The number of nitrogens with one attached hydrogen (secondary N) is 1. The predicted octanol–water partition coefficient (Wildman–Crippen LogP) is 6.54. The van der Waals surface area contributed by atoms with Crippen LogP contribution < -0.4 is 15.8 Å². The first-order chi connectivity index (χ1) is 15.7. The van der Waals surface area contributed by atoms with Gasteiger partial charge in [0.2, 0.25) is 5.95 Å². The van der Waals surface area contributed by atoms with Gasteiger partial charge >= 0.3 is 6.18 Å². The van der Waals surface area contributed by atoms with Crippen molar-refractivity contribution in [1.29, 1.82) is 0 Å². The molecular weight excluding hydrogens is 431 g/mol. The minimum Gasteiger partial charge on any atom is -0.457 e. The van der Waals surface area contributed by atoms with Crippen LogP contribution in [0.2, 0.25) is 0 Å². The summed E-state index contributed by atoms with van der Waals surface area (Å²) in [5, 5.41) is 3.14. The molecule has 170 valence electrons. The Bertz CT molecular complexity index is 1200. The van der Waals surface area contributed by atoms with E-state index in [1.54, 1.807) is 36.4 Å². The lowest BCUT2D eigenvalue weighted by molar-refractivity contribution is -0.141. The fraction of sp³-hybridized carbons (Fsp3) is 0.125. The smallest absolute Gasteiger partial charge is 0.433 e. The molecule has 0 radical (unpaired) electrons. The fourth-order valence-corrected chi connectivity index (χ4v) is 3.03. The third-order valence-electron chi connectivity index (χ3n) is 4.49. The maximum absolute atomic E-state index is 12.8. The van der Waals surface area contributed by atoms with Gasteiger partial charge in [-0.15, -0.1) is 0 Å². The molecule has 1 aromatic carbocycles. The zero-order valence-electron chi connectivity index (χ0n) is 18.0. The summed E-state index contributed by atoms with van der Waals surface area (Å²) in [6.45, 7) is 7.56. The third-order valence-corrected chi connectivity index (χ3v) is 4.49. The Kier molecular flexibility index (Phi) is 7.12. The van der Waals surface area contributed by atoms with E-state index < -0.39 is 11.9 Å². The second-order valence-corrected chi connectivity index (χ2v) is 6.91. The van der Waals surface area contributed by atoms with Crippen molar-refractivity contribution >= 4 is 23.0 Å². The van der Waals surface area contributed by atoms with Gasteiger partial charge in [0, 0.05) is 24.0 Å². The van der Waals surface area contributed by atoms with Crippen molar-refractivity contribution in [3.8, 4) is 11.5 Å². The van der Waals surface area contributed by atoms with Crippen molar-refractivity contribution in [2.24, 2.45) is 0 Å². The molecule has 0 aliphatic carbocycles. The largest absolute Gasteiger partial charge is 0.457 e. The molecule has 0 atom stereocenters. The van der Waals surface area contributed by atoms with Gasteiger partial charge in [0.05, 0.1) is 5.69 Å². The van der Waals surface area contributed by atoms with E-state index in [4.69, 9.17) is 10.5 Å². The number of halogens is 3. The van der Waals surface area contributed by atoms with E-state index in [1.807, 2.05) is 26.0 Å². The second-order valence-electron chi connectivity index (χ2n) is 6.91. The van der Waals surface area contributed by atoms with E-state index >= 15 is 0 Å². The third kappa shape index (κ3) is 6.19. The zero-order chi connectivity index (χ0) is 24.0. The Labute approximate surface area is 189 Å². The molecule has 3 N–H and O–H groups in total. The standard InChI is InChI=1S/C24H22F3N5O/c1-4-6-15(3)19(5-2)20-14-22(32-23(28)31-20)30-16-7-9-17(10-8-16)33-18-11-12-29-21(13-18)24(25,26)27/h4-14H,1H2,2-3H3,(H3,28,30,31,32)/b15-6-,19-5+. The summed E-state index contributed by atoms with van der Waals surface area (Å²) < 4.78 is 44.0. The van der Waals surface area contributed by atoms with E-state index in [9.17, 15) is 13.2 Å². The summed E-state index contributed by atoms with van der Waals surface area (Å²) >= 11 is 0. The van der Waals surface area contributed by atoms with Crippen LogP contribution in [-0.2, 0) is 6.18 Å². The maximum atomic E-state index is 12.8. The van der Waals surface area contributed by atoms with Crippen molar-refractivity contribution in [1.82, 2.24) is 15.0 Å². The van der Waals surface area contributed by atoms with Crippen LogP contribution >= 0.6 is 0 Å². The Morgan fingerprint density at radius 2 is 1.82 bits per heavy atom. The molecule has 6 nitrogen and oxygen atoms in total. The number of aromatic nitrogens is 3. The van der Waals surface area contributed by atoms with Crippen LogP contribution in [0.3, 0.4) is 0 Å². The van der Waals surface area contributed by atoms with Crippen LogP contribution in [0.4, 0.5) is 30.6 Å². The summed E-state index contributed by atoms with van der Waals surface area (Å²) in [5.41, 5.74) is 8.08. The number of anilines is 3. The predicted molar refractivity (Wildman–Crippen MR) is 123 cm³/mol. The summed E-state index contributed by atoms with van der Waals surface area (Å²) in [5.74, 6) is 0.997. The number of rotatable bonds is 7. The van der Waals surface area contributed by atoms with Crippen molar-refractivity contribution < 1.29 is 17.9 Å². The van der Waals surface area contributed by atoms with Crippen molar-refractivity contribution in [2.45, 2.75) is 20.0 Å². The Balaban J connectivity index is 1.77. The summed E-state index contributed by atoms with van der Waals surface area (Å²) in [7, 11) is 0. The molecule has 2 aromatic heterocycles. The van der Waals surface area contributed by atoms with Crippen LogP contribution in [0.5, 0.6) is 11.5 Å². The molecule has 0 spiro atoms. The molecule has 33 heavy (non-hydrogen) atoms. The first-order valence-corrected chi connectivity index (χ1v) is 9.88. The average molecular weight is 453 g/mol. The quantitative estimate of drug-likeness (QED) is 0.395. The normalized spacial score (nSPS) is 12.4. The van der Waals surface area contributed by atoms with Gasteiger partial charge < -0.3 is 15.8 Å². The van der Waals surface area contributed by atoms with E-state index in [0.29, 0.717) is 22.9 Å². The van der Waals surface area contributed by atoms with Crippen molar-refractivity contribution in [3.05, 3.63) is 90.4 Å². The number of alkyl halides is 3. The number of ether oxygens (including phenoxy) is 1. The van der Waals surface area contributed by atoms with Gasteiger partial charge in [0.1, 0.15) is 23.0 Å². The highest BCUT2D eigenvalue weighted by Crippen LogP contribution is 2.31. The van der Waals surface area contributed by atoms with Gasteiger partial charge in [-0.25, -0.2) is 4.98 Å². The number of nitrogens with two attached hydrogens (primary N) is 1. The Morgan fingerprint density at radius 3 is 2.45 bits per heavy atom. The van der Waals surface area contributed by atoms with E-state index in [1.165, 1.54) is 6.07 Å². The fourth-order valence-electron chi connectivity index (χ4n) is 3.03. The minimum atomic E-state index is -4.54. The average Bonchev–Trinajstić information content (AvgIpc) is 2.75. The van der Waals surface area contributed by atoms with Gasteiger partial charge in [-0.05, 0) is 55.3 Å². The number of pyridine rings is 1. The Morgan fingerprint density at radius 1 is 1.09 bits per heavy atom. The summed E-state index contributed by atoms with van der Waals surface area (Å²) in [6.07, 6.45) is 2.01. The number of hydrogen-bond acceptors (Lipinski definition) is 6. The molecule has 0 amide bonds. The SMILES string of the molecule is C=C/C=C(C)\C(=C/C)c1cc(Nc2ccc(Oc3ccnc(C(F)(F)F)c3)cc2)nc(N)n1. The van der Waals surface area contributed by atoms with Crippen LogP contribution in [0, 0.1) is 0 Å². The number of hydrogen-bond donors (Lipinski definition) is 2. The van der Waals surface area contributed by atoms with Gasteiger partial charge in [-0.1, -0.05) is 24.8 Å². The van der Waals surface area contributed by atoms with E-state index in [2.05, 4.69) is 26.8 Å². The molecule has 0 fully saturated rings. The topological polar surface area (TPSA) is 86.0 Å². The molecule has 0 saturated carbocycles. The van der Waals surface area contributed by atoms with Gasteiger partial charge in [-0.2, -0.15) is 18.2 Å². The first-order valence-electron chi connectivity index (χ1n) is 9.88. The summed E-state index contributed by atoms with van der Waals surface area (Å²) in [4.78, 5) is 11.8. The molecule has 0 aliphatic heterocycles. The highest BCUT2D eigenvalue weighted by molar-refractivity contribution is 5.78. The summed E-state index contributed by atoms with van der Waals surface area (Å²) in [6, 6.07) is 10.6. The lowest BCUT2D eigenvalue weighted by Crippen LogP contribution is -2.07. The lowest BCUT2D eigenvalue weighted by Gasteiger charge is -2.12. The van der Waals surface area contributed by atoms with Crippen LogP contribution in [0.25, 0.3) is 5.57 Å². The molecule has 3 rings (SSSR count). The van der Waals surface area contributed by atoms with Crippen LogP contribution in [-0.4, -0.2) is 15.0 Å². The minimum absolute atomic E-state index is 0.0353. The van der Waals surface area contributed by atoms with Crippen LogP contribution in [0.15, 0.2) is 79.0 Å². The molecule has 0 unspecified atom stereocenters. The highest BCUT2D eigenvalue weighted by Gasteiger charge is 2.32. The monoisotopic (exact) mass is 453 g/mol. The van der Waals surface area contributed by atoms with Crippen molar-refractivity contribution in [3.63, 3.8) is 0 Å². The maximum Gasteiger partial charge on any atom is 0.433 e. The molecule has 9 heteroatoms. The number of allylic oxidation sites excluding steroid dienone is 5. The molecule has 0 saturated heterocycles. The molecule has 2 heterocycles. The van der Waals surface area contributed by atoms with Gasteiger partial charge in [0.25, 0.3) is 0 Å². The van der Waals surface area contributed by atoms with E-state index in [0.717, 1.165) is 23.4 Å². The Hall–Kier alpha value is -4.14. The van der Waals surface area contributed by atoms with Gasteiger partial charge in [-0.3, -0.25) is 4.98 Å². The van der Waals surface area contributed by atoms with Gasteiger partial charge in [0.15, 0.2) is 0 Å². The van der Waals surface area contributed by atoms with Crippen LogP contribution in [0.1, 0.15) is 25.2 Å². The molecule has 3 aromatic rings. The number of nitrogen functional groups attached to an aromatic ring is 1. The van der Waals surface area contributed by atoms with Crippen molar-refractivity contribution in [2.75, 3.05) is 11.1 Å². The highest BCUT2D eigenvalue weighted by atomic mass is 19.4. The number of benzene rings is 1. The van der Waals surface area contributed by atoms with E-state index in [-0.39, 0.29) is 11.7 Å². The zero-order valence-corrected chi connectivity index (χ0v) is 18.0. The lowest BCUT2D eigenvalue weighted by atomic mass is 10.0. The molecular formula is C24H22F3N5O. The molecule has 0 aliphatic rings. The second kappa shape index (κ2) is 9.99. The first kappa shape index (κ1) is 23.5. The molecule has 0 bridgehead atoms.